The maximum absolute atomic E-state index is 9.56. The van der Waals surface area contributed by atoms with Crippen LogP contribution in [0.25, 0.3) is 0 Å². The molecule has 0 amide bonds. The standard InChI is InChI=1S/C18H24N2O4/c1-23-17-9-13(3-5-15(17)21)11-19-7-8-20-12-14-4-6-16(22)18(10-14)24-2/h3-6,9-10,19-22H,7-8,11-12H2,1-2H3. The molecule has 2 rings (SSSR count). The molecule has 0 aliphatic rings. The van der Waals surface area contributed by atoms with Crippen molar-refractivity contribution in [1.82, 2.24) is 10.6 Å². The second kappa shape index (κ2) is 9.00. The van der Waals surface area contributed by atoms with Gasteiger partial charge in [0.25, 0.3) is 0 Å². The number of nitrogens with one attached hydrogen (secondary N) is 2. The summed E-state index contributed by atoms with van der Waals surface area (Å²) < 4.78 is 10.2. The Bertz CT molecular complexity index is 604. The Kier molecular flexibility index (Phi) is 6.72. The molecule has 0 radical (unpaired) electrons. The number of phenolic OH excluding ortho intramolecular Hbond substituents is 2. The van der Waals surface area contributed by atoms with Crippen molar-refractivity contribution in [3.05, 3.63) is 47.5 Å². The monoisotopic (exact) mass is 332 g/mol. The average Bonchev–Trinajstić information content (AvgIpc) is 2.60. The van der Waals surface area contributed by atoms with Crippen LogP contribution in [0.5, 0.6) is 23.0 Å². The number of rotatable bonds is 9. The maximum Gasteiger partial charge on any atom is 0.160 e. The van der Waals surface area contributed by atoms with Crippen molar-refractivity contribution in [2.24, 2.45) is 0 Å². The number of benzene rings is 2. The van der Waals surface area contributed by atoms with Crippen LogP contribution in [0.15, 0.2) is 36.4 Å². The number of hydrogen-bond donors (Lipinski definition) is 4. The highest BCUT2D eigenvalue weighted by atomic mass is 16.5. The van der Waals surface area contributed by atoms with Crippen molar-refractivity contribution in [2.45, 2.75) is 13.1 Å². The molecule has 0 aliphatic heterocycles. The molecule has 6 heteroatoms. The summed E-state index contributed by atoms with van der Waals surface area (Å²) in [5.41, 5.74) is 2.10. The SMILES string of the molecule is COc1cc(CNCCNCc2ccc(O)c(OC)c2)ccc1O. The molecule has 0 bridgehead atoms. The highest BCUT2D eigenvalue weighted by molar-refractivity contribution is 5.42. The molecule has 24 heavy (non-hydrogen) atoms. The van der Waals surface area contributed by atoms with Crippen molar-refractivity contribution in [3.8, 4) is 23.0 Å². The lowest BCUT2D eigenvalue weighted by Crippen LogP contribution is -2.26. The van der Waals surface area contributed by atoms with Crippen LogP contribution in [-0.4, -0.2) is 37.5 Å². The highest BCUT2D eigenvalue weighted by Gasteiger charge is 2.03. The third kappa shape index (κ3) is 5.04. The van der Waals surface area contributed by atoms with E-state index in [9.17, 15) is 10.2 Å². The normalized spacial score (nSPS) is 10.6. The van der Waals surface area contributed by atoms with Crippen molar-refractivity contribution >= 4 is 0 Å². The molecule has 0 heterocycles. The maximum atomic E-state index is 9.56. The van der Waals surface area contributed by atoms with E-state index in [-0.39, 0.29) is 11.5 Å². The van der Waals surface area contributed by atoms with Gasteiger partial charge in [-0.25, -0.2) is 0 Å². The summed E-state index contributed by atoms with van der Waals surface area (Å²) in [6.07, 6.45) is 0. The van der Waals surface area contributed by atoms with Crippen LogP contribution in [0, 0.1) is 0 Å². The fourth-order valence-corrected chi connectivity index (χ4v) is 2.31. The summed E-state index contributed by atoms with van der Waals surface area (Å²) in [6.45, 7) is 3.01. The van der Waals surface area contributed by atoms with E-state index in [4.69, 9.17) is 9.47 Å². The van der Waals surface area contributed by atoms with Crippen LogP contribution < -0.4 is 20.1 Å². The molecule has 0 spiro atoms. The predicted octanol–water partition coefficient (Wildman–Crippen LogP) is 1.99. The van der Waals surface area contributed by atoms with E-state index < -0.39 is 0 Å². The van der Waals surface area contributed by atoms with Gasteiger partial charge in [0.05, 0.1) is 14.2 Å². The lowest BCUT2D eigenvalue weighted by molar-refractivity contribution is 0.372. The highest BCUT2D eigenvalue weighted by Crippen LogP contribution is 2.26. The van der Waals surface area contributed by atoms with E-state index in [1.165, 1.54) is 14.2 Å². The van der Waals surface area contributed by atoms with Gasteiger partial charge in [-0.3, -0.25) is 0 Å². The van der Waals surface area contributed by atoms with E-state index in [0.29, 0.717) is 24.6 Å². The van der Waals surface area contributed by atoms with E-state index in [1.54, 1.807) is 12.1 Å². The van der Waals surface area contributed by atoms with Gasteiger partial charge in [-0.15, -0.1) is 0 Å². The molecule has 0 aromatic heterocycles. The first-order valence-electron chi connectivity index (χ1n) is 7.77. The van der Waals surface area contributed by atoms with Crippen LogP contribution in [0.3, 0.4) is 0 Å². The van der Waals surface area contributed by atoms with Crippen LogP contribution >= 0.6 is 0 Å². The van der Waals surface area contributed by atoms with E-state index in [0.717, 1.165) is 24.2 Å². The molecule has 6 nitrogen and oxygen atoms in total. The number of hydrogen-bond acceptors (Lipinski definition) is 6. The number of aromatic hydroxyl groups is 2. The fraction of sp³-hybridized carbons (Fsp3) is 0.333. The van der Waals surface area contributed by atoms with Crippen molar-refractivity contribution in [1.29, 1.82) is 0 Å². The Labute approximate surface area is 142 Å². The lowest BCUT2D eigenvalue weighted by atomic mass is 10.2. The molecule has 0 fully saturated rings. The second-order valence-electron chi connectivity index (χ2n) is 5.37. The van der Waals surface area contributed by atoms with Crippen LogP contribution in [0.2, 0.25) is 0 Å². The first kappa shape index (κ1) is 17.9. The Morgan fingerprint density at radius 1 is 0.750 bits per heavy atom. The van der Waals surface area contributed by atoms with Gasteiger partial charge < -0.3 is 30.3 Å². The summed E-state index contributed by atoms with van der Waals surface area (Å²) >= 11 is 0. The number of methoxy groups -OCH3 is 2. The van der Waals surface area contributed by atoms with Crippen LogP contribution in [0.1, 0.15) is 11.1 Å². The van der Waals surface area contributed by atoms with E-state index >= 15 is 0 Å². The summed E-state index contributed by atoms with van der Waals surface area (Å²) in [7, 11) is 3.07. The van der Waals surface area contributed by atoms with Gasteiger partial charge in [0.2, 0.25) is 0 Å². The molecule has 130 valence electrons. The first-order chi connectivity index (χ1) is 11.6. The minimum Gasteiger partial charge on any atom is -0.504 e. The van der Waals surface area contributed by atoms with E-state index in [2.05, 4.69) is 10.6 Å². The Balaban J connectivity index is 1.68. The number of phenols is 2. The van der Waals surface area contributed by atoms with Gasteiger partial charge >= 0.3 is 0 Å². The summed E-state index contributed by atoms with van der Waals surface area (Å²) in [5.74, 6) is 1.25. The zero-order valence-corrected chi connectivity index (χ0v) is 14.0. The summed E-state index contributed by atoms with van der Waals surface area (Å²) in [5, 5.41) is 25.8. The Morgan fingerprint density at radius 3 is 1.54 bits per heavy atom. The van der Waals surface area contributed by atoms with Gasteiger partial charge in [-0.2, -0.15) is 0 Å². The first-order valence-corrected chi connectivity index (χ1v) is 7.77. The van der Waals surface area contributed by atoms with Crippen molar-refractivity contribution in [3.63, 3.8) is 0 Å². The molecule has 4 N–H and O–H groups in total. The van der Waals surface area contributed by atoms with Gasteiger partial charge in [0.15, 0.2) is 23.0 Å². The van der Waals surface area contributed by atoms with Crippen LogP contribution in [0.4, 0.5) is 0 Å². The van der Waals surface area contributed by atoms with E-state index in [1.807, 2.05) is 24.3 Å². The lowest BCUT2D eigenvalue weighted by Gasteiger charge is -2.10. The van der Waals surface area contributed by atoms with Crippen molar-refractivity contribution in [2.75, 3.05) is 27.3 Å². The molecule has 0 saturated heterocycles. The Morgan fingerprint density at radius 2 is 1.17 bits per heavy atom. The third-order valence-electron chi connectivity index (χ3n) is 3.63. The van der Waals surface area contributed by atoms with Crippen molar-refractivity contribution < 1.29 is 19.7 Å². The quantitative estimate of drug-likeness (QED) is 0.526. The fourth-order valence-electron chi connectivity index (χ4n) is 2.31. The largest absolute Gasteiger partial charge is 0.504 e. The van der Waals surface area contributed by atoms with Gasteiger partial charge in [0, 0.05) is 26.2 Å². The molecular weight excluding hydrogens is 308 g/mol. The topological polar surface area (TPSA) is 83.0 Å². The minimum atomic E-state index is 0.146. The summed E-state index contributed by atoms with van der Waals surface area (Å²) in [4.78, 5) is 0. The third-order valence-corrected chi connectivity index (χ3v) is 3.63. The molecule has 2 aromatic carbocycles. The zero-order chi connectivity index (χ0) is 17.4. The molecule has 0 unspecified atom stereocenters. The van der Waals surface area contributed by atoms with Gasteiger partial charge in [0.1, 0.15) is 0 Å². The second-order valence-corrected chi connectivity index (χ2v) is 5.37. The predicted molar refractivity (Wildman–Crippen MR) is 92.7 cm³/mol. The molecule has 2 aromatic rings. The zero-order valence-electron chi connectivity index (χ0n) is 14.0. The smallest absolute Gasteiger partial charge is 0.160 e. The average molecular weight is 332 g/mol. The summed E-state index contributed by atoms with van der Waals surface area (Å²) in [6, 6.07) is 10.6. The van der Waals surface area contributed by atoms with Crippen LogP contribution in [-0.2, 0) is 13.1 Å². The Hall–Kier alpha value is -2.44. The molecule has 0 aliphatic carbocycles. The molecular formula is C18H24N2O4. The molecule has 0 atom stereocenters. The minimum absolute atomic E-state index is 0.146. The van der Waals surface area contributed by atoms with Gasteiger partial charge in [-0.1, -0.05) is 12.1 Å². The molecule has 0 saturated carbocycles. The van der Waals surface area contributed by atoms with Gasteiger partial charge in [-0.05, 0) is 35.4 Å². The number of ether oxygens (including phenoxy) is 2.